The molecular weight excluding hydrogens is 522 g/mol. The Kier molecular flexibility index (Phi) is 7.11. The Labute approximate surface area is 232 Å². The Balaban J connectivity index is 1.74. The molecule has 2 saturated heterocycles. The maximum absolute atomic E-state index is 14.1. The van der Waals surface area contributed by atoms with Gasteiger partial charge in [0.1, 0.15) is 18.2 Å². The molecule has 11 heteroatoms. The summed E-state index contributed by atoms with van der Waals surface area (Å²) in [7, 11) is 2.75. The summed E-state index contributed by atoms with van der Waals surface area (Å²) < 4.78 is 22.1. The molecule has 11 nitrogen and oxygen atoms in total. The Hall–Kier alpha value is -3.18. The van der Waals surface area contributed by atoms with Crippen molar-refractivity contribution in [1.82, 2.24) is 4.90 Å². The first-order valence-corrected chi connectivity index (χ1v) is 13.7. The fourth-order valence-corrected chi connectivity index (χ4v) is 7.77. The molecule has 7 unspecified atom stereocenters. The van der Waals surface area contributed by atoms with E-state index in [9.17, 15) is 29.4 Å². The molecule has 3 aliphatic carbocycles. The summed E-state index contributed by atoms with van der Waals surface area (Å²) in [5, 5.41) is 22.6. The zero-order valence-electron chi connectivity index (χ0n) is 23.5. The van der Waals surface area contributed by atoms with Crippen molar-refractivity contribution in [3.05, 3.63) is 34.3 Å². The van der Waals surface area contributed by atoms with Crippen LogP contribution in [0.4, 0.5) is 0 Å². The Morgan fingerprint density at radius 1 is 1.18 bits per heavy atom. The van der Waals surface area contributed by atoms with Crippen LogP contribution >= 0.6 is 0 Å². The summed E-state index contributed by atoms with van der Waals surface area (Å²) in [4.78, 5) is 54.0. The maximum atomic E-state index is 14.1. The van der Waals surface area contributed by atoms with Crippen molar-refractivity contribution in [2.24, 2.45) is 16.7 Å². The van der Waals surface area contributed by atoms with Crippen molar-refractivity contribution >= 4 is 23.7 Å². The highest BCUT2D eigenvalue weighted by Gasteiger charge is 2.64. The van der Waals surface area contributed by atoms with Crippen molar-refractivity contribution in [2.45, 2.75) is 77.2 Å². The van der Waals surface area contributed by atoms with Gasteiger partial charge in [-0.25, -0.2) is 9.59 Å². The molecule has 0 spiro atoms. The molecule has 40 heavy (non-hydrogen) atoms. The molecule has 5 aliphatic rings. The van der Waals surface area contributed by atoms with Gasteiger partial charge in [0, 0.05) is 43.3 Å². The van der Waals surface area contributed by atoms with E-state index in [-0.39, 0.29) is 24.2 Å². The van der Waals surface area contributed by atoms with Gasteiger partial charge in [-0.15, -0.1) is 0 Å². The molecule has 0 aromatic heterocycles. The third kappa shape index (κ3) is 4.00. The number of methoxy groups -OCH3 is 2. The van der Waals surface area contributed by atoms with Gasteiger partial charge >= 0.3 is 17.9 Å². The summed E-state index contributed by atoms with van der Waals surface area (Å²) in [6.07, 6.45) is 1.30. The Morgan fingerprint density at radius 3 is 2.55 bits per heavy atom. The van der Waals surface area contributed by atoms with Crippen molar-refractivity contribution in [3.8, 4) is 0 Å². The van der Waals surface area contributed by atoms with Gasteiger partial charge in [0.15, 0.2) is 5.76 Å². The van der Waals surface area contributed by atoms with Crippen LogP contribution in [-0.2, 0) is 38.1 Å². The molecule has 2 heterocycles. The number of hydrogen-bond donors (Lipinski definition) is 2. The van der Waals surface area contributed by atoms with Crippen molar-refractivity contribution in [1.29, 1.82) is 0 Å². The first kappa shape index (κ1) is 28.4. The van der Waals surface area contributed by atoms with Gasteiger partial charge in [0.05, 0.1) is 30.8 Å². The number of likely N-dealkylation sites (tertiary alicyclic amines) is 1. The monoisotopic (exact) mass is 559 g/mol. The minimum absolute atomic E-state index is 0.0515. The first-order valence-electron chi connectivity index (χ1n) is 13.7. The molecule has 7 atom stereocenters. The number of Topliss-reactive ketones (excluding diaryl/α,β-unsaturated/α-hetero) is 1. The molecule has 3 fully saturated rings. The minimum atomic E-state index is -1.31. The number of carbonyl (C=O) groups excluding carboxylic acids is 4. The van der Waals surface area contributed by atoms with Gasteiger partial charge in [-0.2, -0.15) is 0 Å². The van der Waals surface area contributed by atoms with Gasteiger partial charge in [-0.3, -0.25) is 9.59 Å². The molecule has 218 valence electrons. The molecule has 5 rings (SSSR count). The zero-order chi connectivity index (χ0) is 29.1. The predicted molar refractivity (Wildman–Crippen MR) is 138 cm³/mol. The topological polar surface area (TPSA) is 149 Å². The van der Waals surface area contributed by atoms with Crippen LogP contribution in [0.1, 0.15) is 52.9 Å². The van der Waals surface area contributed by atoms with Crippen LogP contribution in [0.2, 0.25) is 0 Å². The van der Waals surface area contributed by atoms with Gasteiger partial charge < -0.3 is 34.1 Å². The zero-order valence-corrected chi connectivity index (χ0v) is 23.5. The van der Waals surface area contributed by atoms with E-state index >= 15 is 0 Å². The summed E-state index contributed by atoms with van der Waals surface area (Å²) in [6.45, 7) is 5.32. The number of ketones is 1. The average molecular weight is 560 g/mol. The lowest BCUT2D eigenvalue weighted by Gasteiger charge is -2.54. The number of ether oxygens (including phenoxy) is 4. The van der Waals surface area contributed by atoms with E-state index in [2.05, 4.69) is 0 Å². The third-order valence-electron chi connectivity index (χ3n) is 9.72. The number of aliphatic hydroxyl groups excluding tert-OH is 2. The highest BCUT2D eigenvalue weighted by atomic mass is 16.6. The second kappa shape index (κ2) is 10.0. The fraction of sp³-hybridized carbons (Fsp3) is 0.655. The van der Waals surface area contributed by atoms with Crippen molar-refractivity contribution in [2.75, 3.05) is 27.4 Å². The smallest absolute Gasteiger partial charge is 0.340 e. The number of esters is 3. The number of cyclic esters (lactones) is 1. The van der Waals surface area contributed by atoms with Crippen LogP contribution in [0, 0.1) is 16.7 Å². The fourth-order valence-electron chi connectivity index (χ4n) is 7.77. The molecule has 2 N–H and O–H groups in total. The summed E-state index contributed by atoms with van der Waals surface area (Å²) >= 11 is 0. The van der Waals surface area contributed by atoms with E-state index in [1.807, 2.05) is 6.92 Å². The third-order valence-corrected chi connectivity index (χ3v) is 9.72. The van der Waals surface area contributed by atoms with E-state index in [1.165, 1.54) is 27.3 Å². The lowest BCUT2D eigenvalue weighted by Crippen LogP contribution is -2.57. The highest BCUT2D eigenvalue weighted by molar-refractivity contribution is 6.13. The van der Waals surface area contributed by atoms with Crippen LogP contribution in [0.25, 0.3) is 0 Å². The van der Waals surface area contributed by atoms with Gasteiger partial charge in [0.25, 0.3) is 0 Å². The first-order chi connectivity index (χ1) is 18.9. The van der Waals surface area contributed by atoms with Crippen LogP contribution in [0.3, 0.4) is 0 Å². The molecule has 0 aromatic rings. The second-order valence-electron chi connectivity index (χ2n) is 11.8. The van der Waals surface area contributed by atoms with Crippen LogP contribution in [0.5, 0.6) is 0 Å². The van der Waals surface area contributed by atoms with Crippen molar-refractivity contribution < 1.29 is 48.3 Å². The second-order valence-corrected chi connectivity index (χ2v) is 11.8. The molecule has 0 radical (unpaired) electrons. The lowest BCUT2D eigenvalue weighted by molar-refractivity contribution is -0.161. The van der Waals surface area contributed by atoms with Gasteiger partial charge in [0.2, 0.25) is 5.78 Å². The SMILES string of the molecule is COCC1OC(=O)/C(=C\N2CCCC2C(=O)OC)C2=C(O)C(=O)C3=C(C(OC(C)=O)CC4(C)C(O)CCC34)C21C. The van der Waals surface area contributed by atoms with Crippen LogP contribution in [-0.4, -0.2) is 90.5 Å². The number of nitrogens with zero attached hydrogens (tertiary/aromatic N) is 1. The molecule has 0 amide bonds. The Bertz CT molecular complexity index is 1250. The molecule has 0 bridgehead atoms. The standard InChI is InChI=1S/C29H37NO10/c1-14(31)39-18-11-28(2)16(8-9-19(28)32)21-23(18)29(3)20(13-37-4)40-26(35)15(22(29)25(34)24(21)33)12-30-10-6-7-17(30)27(36)38-5/h12,16-20,32,34H,6-11,13H2,1-5H3/b15-12-. The summed E-state index contributed by atoms with van der Waals surface area (Å²) in [6, 6.07) is -0.630. The van der Waals surface area contributed by atoms with Gasteiger partial charge in [-0.05, 0) is 50.5 Å². The van der Waals surface area contributed by atoms with Gasteiger partial charge in [-0.1, -0.05) is 6.92 Å². The van der Waals surface area contributed by atoms with E-state index in [1.54, 1.807) is 11.8 Å². The van der Waals surface area contributed by atoms with E-state index < -0.39 is 70.6 Å². The average Bonchev–Trinajstić information content (AvgIpc) is 3.48. The summed E-state index contributed by atoms with van der Waals surface area (Å²) in [5.74, 6) is -3.43. The number of allylic oxidation sites excluding steroid dienone is 1. The predicted octanol–water partition coefficient (Wildman–Crippen LogP) is 1.89. The normalized spacial score (nSPS) is 38.2. The highest BCUT2D eigenvalue weighted by Crippen LogP contribution is 2.63. The molecule has 0 aromatic carbocycles. The Morgan fingerprint density at radius 2 is 1.90 bits per heavy atom. The maximum Gasteiger partial charge on any atom is 0.340 e. The number of fused-ring (bicyclic) bond motifs is 4. The number of carbonyl (C=O) groups is 4. The van der Waals surface area contributed by atoms with Crippen LogP contribution in [0.15, 0.2) is 34.3 Å². The summed E-state index contributed by atoms with van der Waals surface area (Å²) in [5.41, 5.74) is -1.30. The lowest BCUT2D eigenvalue weighted by atomic mass is 9.53. The van der Waals surface area contributed by atoms with E-state index in [0.29, 0.717) is 43.4 Å². The molecule has 1 saturated carbocycles. The van der Waals surface area contributed by atoms with E-state index in [4.69, 9.17) is 18.9 Å². The van der Waals surface area contributed by atoms with Crippen molar-refractivity contribution in [3.63, 3.8) is 0 Å². The molecule has 2 aliphatic heterocycles. The largest absolute Gasteiger partial charge is 0.504 e. The quantitative estimate of drug-likeness (QED) is 0.289. The number of hydrogen-bond acceptors (Lipinski definition) is 11. The minimum Gasteiger partial charge on any atom is -0.504 e. The van der Waals surface area contributed by atoms with Crippen LogP contribution < -0.4 is 0 Å². The molecular formula is C29H37NO10. The number of rotatable bonds is 5. The van der Waals surface area contributed by atoms with E-state index in [0.717, 1.165) is 0 Å². The number of aliphatic hydroxyl groups is 2.